The number of benzene rings is 2. The lowest BCUT2D eigenvalue weighted by Crippen LogP contribution is -2.49. The van der Waals surface area contributed by atoms with E-state index in [1.54, 1.807) is 0 Å². The van der Waals surface area contributed by atoms with Gasteiger partial charge in [0.05, 0.1) is 0 Å². The summed E-state index contributed by atoms with van der Waals surface area (Å²) >= 11 is 0. The molecule has 1 heterocycles. The molecule has 1 saturated heterocycles. The van der Waals surface area contributed by atoms with Gasteiger partial charge in [-0.15, -0.1) is 0 Å². The Bertz CT molecular complexity index is 993. The van der Waals surface area contributed by atoms with Gasteiger partial charge in [0.2, 0.25) is 15.9 Å². The fourth-order valence-corrected chi connectivity index (χ4v) is 4.53. The number of sulfonamides is 1. The van der Waals surface area contributed by atoms with E-state index in [-0.39, 0.29) is 36.0 Å². The minimum Gasteiger partial charge on any atom is -0.326 e. The maximum Gasteiger partial charge on any atom is 0.246 e. The number of carbonyl (C=O) groups excluding carboxylic acids is 1. The molecule has 0 saturated carbocycles. The first-order valence-electron chi connectivity index (χ1n) is 8.99. The predicted molar refractivity (Wildman–Crippen MR) is 101 cm³/mol. The van der Waals surface area contributed by atoms with Crippen molar-refractivity contribution in [1.29, 1.82) is 0 Å². The van der Waals surface area contributed by atoms with Gasteiger partial charge in [0, 0.05) is 50.9 Å². The van der Waals surface area contributed by atoms with Crippen LogP contribution in [0, 0.1) is 17.5 Å². The molecule has 1 fully saturated rings. The fourth-order valence-electron chi connectivity index (χ4n) is 3.04. The highest BCUT2D eigenvalue weighted by Gasteiger charge is 2.30. The van der Waals surface area contributed by atoms with Crippen LogP contribution in [0.2, 0.25) is 0 Å². The number of nitrogens with one attached hydrogen (secondary N) is 1. The smallest absolute Gasteiger partial charge is 0.246 e. The Morgan fingerprint density at radius 3 is 2.28 bits per heavy atom. The molecule has 1 N–H and O–H groups in total. The quantitative estimate of drug-likeness (QED) is 0.769. The van der Waals surface area contributed by atoms with Crippen LogP contribution in [0.3, 0.4) is 0 Å². The lowest BCUT2D eigenvalue weighted by Gasteiger charge is -2.33. The highest BCUT2D eigenvalue weighted by atomic mass is 32.2. The van der Waals surface area contributed by atoms with Crippen molar-refractivity contribution in [3.63, 3.8) is 0 Å². The Kier molecular flexibility index (Phi) is 6.56. The zero-order chi connectivity index (χ0) is 21.0. The molecule has 10 heteroatoms. The van der Waals surface area contributed by atoms with Crippen molar-refractivity contribution < 1.29 is 26.4 Å². The van der Waals surface area contributed by atoms with Crippen molar-refractivity contribution in [1.82, 2.24) is 9.21 Å². The molecule has 3 rings (SSSR count). The molecule has 0 spiro atoms. The van der Waals surface area contributed by atoms with Gasteiger partial charge in [-0.05, 0) is 24.3 Å². The molecule has 1 aliphatic rings. The molecule has 2 aromatic rings. The summed E-state index contributed by atoms with van der Waals surface area (Å²) in [6.07, 6.45) is 0.110. The van der Waals surface area contributed by atoms with Gasteiger partial charge in [0.15, 0.2) is 11.6 Å². The number of nitrogens with zero attached hydrogens (tertiary/aromatic N) is 2. The van der Waals surface area contributed by atoms with Crippen LogP contribution < -0.4 is 5.32 Å². The SMILES string of the molecule is O=C(CCN1CCN(S(=O)(=O)c2ccccc2F)CC1)Nc1ccc(F)c(F)c1. The summed E-state index contributed by atoms with van der Waals surface area (Å²) in [6.45, 7) is 1.53. The van der Waals surface area contributed by atoms with Gasteiger partial charge in [0.1, 0.15) is 10.7 Å². The van der Waals surface area contributed by atoms with E-state index in [1.165, 1.54) is 28.6 Å². The first-order valence-corrected chi connectivity index (χ1v) is 10.4. The summed E-state index contributed by atoms with van der Waals surface area (Å²) < 4.78 is 66.3. The third kappa shape index (κ3) is 5.14. The molecular formula is C19H20F3N3O3S. The molecule has 2 aromatic carbocycles. The lowest BCUT2D eigenvalue weighted by atomic mass is 10.2. The first kappa shape index (κ1) is 21.3. The molecule has 1 amide bonds. The van der Waals surface area contributed by atoms with E-state index in [9.17, 15) is 26.4 Å². The lowest BCUT2D eigenvalue weighted by molar-refractivity contribution is -0.116. The second kappa shape index (κ2) is 8.93. The zero-order valence-electron chi connectivity index (χ0n) is 15.4. The third-order valence-corrected chi connectivity index (χ3v) is 6.58. The van der Waals surface area contributed by atoms with Gasteiger partial charge in [-0.2, -0.15) is 4.31 Å². The maximum absolute atomic E-state index is 13.8. The minimum absolute atomic E-state index is 0.110. The molecule has 0 aromatic heterocycles. The fraction of sp³-hybridized carbons (Fsp3) is 0.316. The van der Waals surface area contributed by atoms with Crippen molar-refractivity contribution in [3.8, 4) is 0 Å². The Morgan fingerprint density at radius 2 is 1.62 bits per heavy atom. The van der Waals surface area contributed by atoms with E-state index in [4.69, 9.17) is 0 Å². The highest BCUT2D eigenvalue weighted by molar-refractivity contribution is 7.89. The standard InChI is InChI=1S/C19H20F3N3O3S/c20-15-6-5-14(13-17(15)22)23-19(26)7-8-24-9-11-25(12-10-24)29(27,28)18-4-2-1-3-16(18)21/h1-6,13H,7-12H2,(H,23,26). The van der Waals surface area contributed by atoms with E-state index in [0.29, 0.717) is 19.6 Å². The van der Waals surface area contributed by atoms with E-state index in [1.807, 2.05) is 4.90 Å². The predicted octanol–water partition coefficient (Wildman–Crippen LogP) is 2.44. The van der Waals surface area contributed by atoms with Crippen LogP contribution in [0.15, 0.2) is 47.4 Å². The number of carbonyl (C=O) groups is 1. The van der Waals surface area contributed by atoms with Crippen LogP contribution in [-0.4, -0.2) is 56.3 Å². The Labute approximate surface area is 167 Å². The number of hydrogen-bond donors (Lipinski definition) is 1. The molecule has 6 nitrogen and oxygen atoms in total. The number of hydrogen-bond acceptors (Lipinski definition) is 4. The van der Waals surface area contributed by atoms with Crippen LogP contribution in [0.5, 0.6) is 0 Å². The molecule has 29 heavy (non-hydrogen) atoms. The molecule has 0 bridgehead atoms. The normalized spacial score (nSPS) is 16.0. The summed E-state index contributed by atoms with van der Waals surface area (Å²) in [5.74, 6) is -3.19. The van der Waals surface area contributed by atoms with Crippen LogP contribution in [0.4, 0.5) is 18.9 Å². The van der Waals surface area contributed by atoms with E-state index in [2.05, 4.69) is 5.32 Å². The Balaban J connectivity index is 1.49. The second-order valence-corrected chi connectivity index (χ2v) is 8.51. The molecular weight excluding hydrogens is 407 g/mol. The van der Waals surface area contributed by atoms with E-state index >= 15 is 0 Å². The van der Waals surface area contributed by atoms with E-state index in [0.717, 1.165) is 18.2 Å². The van der Waals surface area contributed by atoms with Gasteiger partial charge < -0.3 is 10.2 Å². The van der Waals surface area contributed by atoms with Crippen molar-refractivity contribution in [2.45, 2.75) is 11.3 Å². The van der Waals surface area contributed by atoms with Crippen molar-refractivity contribution in [2.75, 3.05) is 38.0 Å². The van der Waals surface area contributed by atoms with Crippen LogP contribution in [0.25, 0.3) is 0 Å². The maximum atomic E-state index is 13.8. The molecule has 156 valence electrons. The van der Waals surface area contributed by atoms with Gasteiger partial charge in [-0.1, -0.05) is 12.1 Å². The monoisotopic (exact) mass is 427 g/mol. The number of anilines is 1. The molecule has 0 unspecified atom stereocenters. The van der Waals surface area contributed by atoms with Gasteiger partial charge in [0.25, 0.3) is 0 Å². The summed E-state index contributed by atoms with van der Waals surface area (Å²) in [5, 5.41) is 2.49. The van der Waals surface area contributed by atoms with Gasteiger partial charge in [-0.25, -0.2) is 21.6 Å². The molecule has 1 aliphatic heterocycles. The molecule has 0 atom stereocenters. The van der Waals surface area contributed by atoms with E-state index < -0.39 is 27.5 Å². The zero-order valence-corrected chi connectivity index (χ0v) is 16.3. The number of halogens is 3. The van der Waals surface area contributed by atoms with Crippen LogP contribution >= 0.6 is 0 Å². The summed E-state index contributed by atoms with van der Waals surface area (Å²) in [7, 11) is -3.91. The Morgan fingerprint density at radius 1 is 0.931 bits per heavy atom. The van der Waals surface area contributed by atoms with Gasteiger partial charge >= 0.3 is 0 Å². The average Bonchev–Trinajstić information content (AvgIpc) is 2.70. The first-order chi connectivity index (χ1) is 13.8. The molecule has 0 radical (unpaired) electrons. The Hall–Kier alpha value is -2.43. The summed E-state index contributed by atoms with van der Waals surface area (Å²) in [4.78, 5) is 13.6. The van der Waals surface area contributed by atoms with Gasteiger partial charge in [-0.3, -0.25) is 4.79 Å². The van der Waals surface area contributed by atoms with Crippen molar-refractivity contribution >= 4 is 21.6 Å². The van der Waals surface area contributed by atoms with Crippen molar-refractivity contribution in [2.24, 2.45) is 0 Å². The minimum atomic E-state index is -3.91. The largest absolute Gasteiger partial charge is 0.326 e. The second-order valence-electron chi connectivity index (χ2n) is 6.60. The topological polar surface area (TPSA) is 69.7 Å². The molecule has 0 aliphatic carbocycles. The number of piperazine rings is 1. The van der Waals surface area contributed by atoms with Crippen molar-refractivity contribution in [3.05, 3.63) is 59.9 Å². The van der Waals surface area contributed by atoms with Crippen LogP contribution in [-0.2, 0) is 14.8 Å². The summed E-state index contributed by atoms with van der Waals surface area (Å²) in [5.41, 5.74) is 0.162. The number of amides is 1. The average molecular weight is 427 g/mol. The highest BCUT2D eigenvalue weighted by Crippen LogP contribution is 2.20. The summed E-state index contributed by atoms with van der Waals surface area (Å²) in [6, 6.07) is 8.34. The third-order valence-electron chi connectivity index (χ3n) is 4.64. The number of rotatable bonds is 6. The van der Waals surface area contributed by atoms with Crippen LogP contribution in [0.1, 0.15) is 6.42 Å².